The van der Waals surface area contributed by atoms with Crippen LogP contribution in [0.25, 0.3) is 33.0 Å². The van der Waals surface area contributed by atoms with E-state index < -0.39 is 0 Å². The minimum absolute atomic E-state index is 0.229. The number of aromatic amines is 1. The molecule has 2 heterocycles. The van der Waals surface area contributed by atoms with Gasteiger partial charge in [0, 0.05) is 11.1 Å². The molecule has 2 aromatic heterocycles. The molecule has 0 spiro atoms. The largest absolute Gasteiger partial charge is 0.497 e. The number of ether oxygens (including phenoxy) is 1. The number of carbonyl (C=O) groups excluding carboxylic acids is 1. The number of imidazole rings is 1. The first-order valence-corrected chi connectivity index (χ1v) is 10.5. The molecule has 3 aromatic carbocycles. The first-order valence-electron chi connectivity index (χ1n) is 9.68. The van der Waals surface area contributed by atoms with E-state index in [9.17, 15) is 4.79 Å². The van der Waals surface area contributed by atoms with Gasteiger partial charge in [-0.25, -0.2) is 9.97 Å². The Labute approximate surface area is 182 Å². The maximum atomic E-state index is 12.7. The molecule has 152 valence electrons. The highest BCUT2D eigenvalue weighted by Gasteiger charge is 2.19. The van der Waals surface area contributed by atoms with E-state index in [1.54, 1.807) is 31.4 Å². The van der Waals surface area contributed by atoms with Crippen LogP contribution in [0, 0.1) is 0 Å². The molecular weight excluding hydrogens is 408 g/mol. The van der Waals surface area contributed by atoms with Gasteiger partial charge in [0.15, 0.2) is 11.0 Å². The van der Waals surface area contributed by atoms with Gasteiger partial charge in [0.1, 0.15) is 5.75 Å². The summed E-state index contributed by atoms with van der Waals surface area (Å²) in [5.74, 6) is 1.19. The number of fused-ring (bicyclic) bond motifs is 1. The summed E-state index contributed by atoms with van der Waals surface area (Å²) in [6.45, 7) is 0. The van der Waals surface area contributed by atoms with E-state index in [1.165, 1.54) is 11.3 Å². The summed E-state index contributed by atoms with van der Waals surface area (Å²) in [5, 5.41) is 3.43. The lowest BCUT2D eigenvalue weighted by Crippen LogP contribution is -2.11. The van der Waals surface area contributed by atoms with Crippen molar-refractivity contribution in [1.82, 2.24) is 15.0 Å². The number of anilines is 1. The lowest BCUT2D eigenvalue weighted by Gasteiger charge is -2.03. The molecule has 31 heavy (non-hydrogen) atoms. The standard InChI is InChI=1S/C24H18N4O2S/c1-30-17-13-11-16(12-14-17)23(29)28-24-27-20(15-7-3-2-4-8-15)21(31-24)22-25-18-9-5-6-10-19(18)26-22/h2-14H,1H3,(H,25,26)(H,27,28,29). The second-order valence-electron chi connectivity index (χ2n) is 6.85. The van der Waals surface area contributed by atoms with Crippen LogP contribution < -0.4 is 10.1 Å². The molecule has 0 unspecified atom stereocenters. The normalized spacial score (nSPS) is 10.9. The van der Waals surface area contributed by atoms with E-state index in [0.717, 1.165) is 33.0 Å². The molecule has 0 bridgehead atoms. The minimum Gasteiger partial charge on any atom is -0.497 e. The van der Waals surface area contributed by atoms with Gasteiger partial charge >= 0.3 is 0 Å². The summed E-state index contributed by atoms with van der Waals surface area (Å²) in [6.07, 6.45) is 0. The number of hydrogen-bond donors (Lipinski definition) is 2. The maximum Gasteiger partial charge on any atom is 0.257 e. The molecule has 0 saturated heterocycles. The fraction of sp³-hybridized carbons (Fsp3) is 0.0417. The van der Waals surface area contributed by atoms with E-state index in [0.29, 0.717) is 16.4 Å². The molecule has 7 heteroatoms. The number of amides is 1. The second-order valence-corrected chi connectivity index (χ2v) is 7.85. The Hall–Kier alpha value is -3.97. The Kier molecular flexibility index (Phi) is 4.93. The smallest absolute Gasteiger partial charge is 0.257 e. The van der Waals surface area contributed by atoms with Gasteiger partial charge in [-0.05, 0) is 36.4 Å². The SMILES string of the molecule is COc1ccc(C(=O)Nc2nc(-c3ccccc3)c(-c3nc4ccccc4[nH]3)s2)cc1. The van der Waals surface area contributed by atoms with Crippen molar-refractivity contribution in [2.24, 2.45) is 0 Å². The number of para-hydroxylation sites is 2. The monoisotopic (exact) mass is 426 g/mol. The third-order valence-corrected chi connectivity index (χ3v) is 5.83. The van der Waals surface area contributed by atoms with Gasteiger partial charge in [0.25, 0.3) is 5.91 Å². The molecule has 5 rings (SSSR count). The fourth-order valence-corrected chi connectivity index (χ4v) is 4.23. The first-order chi connectivity index (χ1) is 15.2. The Morgan fingerprint density at radius 2 is 1.68 bits per heavy atom. The van der Waals surface area contributed by atoms with Crippen LogP contribution in [0.4, 0.5) is 5.13 Å². The number of thiazole rings is 1. The van der Waals surface area contributed by atoms with Crippen molar-refractivity contribution in [2.45, 2.75) is 0 Å². The van der Waals surface area contributed by atoms with Crippen molar-refractivity contribution in [3.8, 4) is 27.7 Å². The number of rotatable bonds is 5. The van der Waals surface area contributed by atoms with Crippen molar-refractivity contribution < 1.29 is 9.53 Å². The molecule has 0 radical (unpaired) electrons. The average Bonchev–Trinajstić information content (AvgIpc) is 3.44. The molecule has 0 aliphatic rings. The molecule has 1 amide bonds. The lowest BCUT2D eigenvalue weighted by atomic mass is 10.1. The zero-order chi connectivity index (χ0) is 21.2. The molecule has 0 saturated carbocycles. The Morgan fingerprint density at radius 1 is 0.935 bits per heavy atom. The highest BCUT2D eigenvalue weighted by Crippen LogP contribution is 2.38. The van der Waals surface area contributed by atoms with Gasteiger partial charge in [-0.15, -0.1) is 0 Å². The molecular formula is C24H18N4O2S. The van der Waals surface area contributed by atoms with Gasteiger partial charge in [-0.1, -0.05) is 53.8 Å². The zero-order valence-electron chi connectivity index (χ0n) is 16.6. The number of aromatic nitrogens is 3. The number of H-pyrrole nitrogens is 1. The maximum absolute atomic E-state index is 12.7. The van der Waals surface area contributed by atoms with Gasteiger partial charge in [-0.3, -0.25) is 10.1 Å². The van der Waals surface area contributed by atoms with Gasteiger partial charge in [0.2, 0.25) is 0 Å². The van der Waals surface area contributed by atoms with Crippen LogP contribution in [0.15, 0.2) is 78.9 Å². The summed E-state index contributed by atoms with van der Waals surface area (Å²) in [5.41, 5.74) is 4.10. The van der Waals surface area contributed by atoms with Gasteiger partial charge < -0.3 is 9.72 Å². The van der Waals surface area contributed by atoms with Crippen LogP contribution in [0.3, 0.4) is 0 Å². The summed E-state index contributed by atoms with van der Waals surface area (Å²) >= 11 is 1.39. The Bertz CT molecular complexity index is 1320. The summed E-state index contributed by atoms with van der Waals surface area (Å²) in [4.78, 5) is 26.4. The molecule has 0 aliphatic carbocycles. The molecule has 6 nitrogen and oxygen atoms in total. The highest BCUT2D eigenvalue weighted by atomic mass is 32.1. The number of nitrogens with zero attached hydrogens (tertiary/aromatic N) is 2. The fourth-order valence-electron chi connectivity index (χ4n) is 3.30. The second kappa shape index (κ2) is 8.04. The predicted octanol–water partition coefficient (Wildman–Crippen LogP) is 5.61. The molecule has 0 aliphatic heterocycles. The van der Waals surface area contributed by atoms with E-state index >= 15 is 0 Å². The van der Waals surface area contributed by atoms with Crippen LogP contribution >= 0.6 is 11.3 Å². The summed E-state index contributed by atoms with van der Waals surface area (Å²) < 4.78 is 5.16. The Morgan fingerprint density at radius 3 is 2.42 bits per heavy atom. The van der Waals surface area contributed by atoms with Crippen LogP contribution in [0.5, 0.6) is 5.75 Å². The van der Waals surface area contributed by atoms with E-state index in [-0.39, 0.29) is 5.91 Å². The first kappa shape index (κ1) is 19.0. The highest BCUT2D eigenvalue weighted by molar-refractivity contribution is 7.19. The van der Waals surface area contributed by atoms with Crippen molar-refractivity contribution in [3.05, 3.63) is 84.4 Å². The van der Waals surface area contributed by atoms with Gasteiger partial charge in [0.05, 0.1) is 28.7 Å². The number of methoxy groups -OCH3 is 1. The molecule has 5 aromatic rings. The van der Waals surface area contributed by atoms with Crippen LogP contribution in [-0.4, -0.2) is 28.0 Å². The predicted molar refractivity (Wildman–Crippen MR) is 124 cm³/mol. The molecule has 0 atom stereocenters. The quantitative estimate of drug-likeness (QED) is 0.383. The molecule has 0 fully saturated rings. The lowest BCUT2D eigenvalue weighted by molar-refractivity contribution is 0.102. The van der Waals surface area contributed by atoms with Gasteiger partial charge in [-0.2, -0.15) is 0 Å². The average molecular weight is 427 g/mol. The number of carbonyl (C=O) groups is 1. The summed E-state index contributed by atoms with van der Waals surface area (Å²) in [7, 11) is 1.59. The van der Waals surface area contributed by atoms with Crippen LogP contribution in [0.2, 0.25) is 0 Å². The van der Waals surface area contributed by atoms with Crippen molar-refractivity contribution in [2.75, 3.05) is 12.4 Å². The van der Waals surface area contributed by atoms with E-state index in [1.807, 2.05) is 54.6 Å². The third-order valence-electron chi connectivity index (χ3n) is 4.85. The van der Waals surface area contributed by atoms with Crippen LogP contribution in [0.1, 0.15) is 10.4 Å². The van der Waals surface area contributed by atoms with Crippen LogP contribution in [-0.2, 0) is 0 Å². The third kappa shape index (κ3) is 3.78. The molecule has 2 N–H and O–H groups in total. The summed E-state index contributed by atoms with van der Waals surface area (Å²) in [6, 6.07) is 24.7. The van der Waals surface area contributed by atoms with Crippen molar-refractivity contribution >= 4 is 33.4 Å². The minimum atomic E-state index is -0.229. The zero-order valence-corrected chi connectivity index (χ0v) is 17.4. The number of nitrogens with one attached hydrogen (secondary N) is 2. The van der Waals surface area contributed by atoms with Crippen molar-refractivity contribution in [3.63, 3.8) is 0 Å². The van der Waals surface area contributed by atoms with E-state index in [2.05, 4.69) is 10.3 Å². The van der Waals surface area contributed by atoms with E-state index in [4.69, 9.17) is 14.7 Å². The van der Waals surface area contributed by atoms with Crippen molar-refractivity contribution in [1.29, 1.82) is 0 Å². The topological polar surface area (TPSA) is 79.9 Å². The number of hydrogen-bond acceptors (Lipinski definition) is 5. The Balaban J connectivity index is 1.53. The number of benzene rings is 3.